The molecular weight excluding hydrogens is 294 g/mol. The van der Waals surface area contributed by atoms with Crippen LogP contribution in [0.25, 0.3) is 0 Å². The number of thioether (sulfide) groups is 1. The Morgan fingerprint density at radius 1 is 1.36 bits per heavy atom. The van der Waals surface area contributed by atoms with Crippen LogP contribution in [0, 0.1) is 0 Å². The number of carbonyl (C=O) groups excluding carboxylic acids is 1. The molecule has 1 aliphatic heterocycles. The first-order valence-electron chi connectivity index (χ1n) is 7.38. The molecule has 22 heavy (non-hydrogen) atoms. The van der Waals surface area contributed by atoms with Crippen LogP contribution in [0.1, 0.15) is 39.7 Å². The second-order valence-electron chi connectivity index (χ2n) is 6.74. The van der Waals surface area contributed by atoms with Gasteiger partial charge in [0.25, 0.3) is 0 Å². The lowest BCUT2D eigenvalue weighted by molar-refractivity contribution is -0.160. The van der Waals surface area contributed by atoms with Crippen molar-refractivity contribution in [3.05, 3.63) is 48.0 Å². The van der Waals surface area contributed by atoms with Gasteiger partial charge >= 0.3 is 5.97 Å². The molecule has 0 aromatic heterocycles. The molecule has 2 rings (SSSR count). The second kappa shape index (κ2) is 6.29. The maximum absolute atomic E-state index is 12.7. The average molecular weight is 317 g/mol. The number of hydrogen-bond acceptors (Lipinski definition) is 4. The van der Waals surface area contributed by atoms with Gasteiger partial charge in [-0.1, -0.05) is 35.9 Å². The van der Waals surface area contributed by atoms with Crippen LogP contribution in [0.3, 0.4) is 0 Å². The number of hydrogen-bond donors (Lipinski definition) is 0. The molecule has 0 fully saturated rings. The van der Waals surface area contributed by atoms with Gasteiger partial charge in [0, 0.05) is 17.7 Å². The molecular formula is C18H23NO2S. The van der Waals surface area contributed by atoms with Crippen LogP contribution in [0.4, 0.5) is 0 Å². The van der Waals surface area contributed by atoms with Crippen LogP contribution in [-0.4, -0.2) is 27.9 Å². The summed E-state index contributed by atoms with van der Waals surface area (Å²) in [5.74, 6) is 0.334. The van der Waals surface area contributed by atoms with Crippen molar-refractivity contribution in [2.75, 3.05) is 5.75 Å². The Hall–Kier alpha value is -1.55. The smallest absolute Gasteiger partial charge is 0.335 e. The highest BCUT2D eigenvalue weighted by Crippen LogP contribution is 2.37. The van der Waals surface area contributed by atoms with E-state index in [0.717, 1.165) is 16.2 Å². The summed E-state index contributed by atoms with van der Waals surface area (Å²) in [6.45, 7) is 11.5. The summed E-state index contributed by atoms with van der Waals surface area (Å²) in [5, 5.41) is 0.896. The van der Waals surface area contributed by atoms with Crippen molar-refractivity contribution in [3.8, 4) is 0 Å². The van der Waals surface area contributed by atoms with E-state index >= 15 is 0 Å². The van der Waals surface area contributed by atoms with Crippen LogP contribution in [0.2, 0.25) is 0 Å². The minimum absolute atomic E-state index is 0.263. The maximum atomic E-state index is 12.7. The van der Waals surface area contributed by atoms with Crippen molar-refractivity contribution in [2.45, 2.75) is 45.3 Å². The van der Waals surface area contributed by atoms with Gasteiger partial charge in [-0.25, -0.2) is 4.79 Å². The topological polar surface area (TPSA) is 38.7 Å². The minimum atomic E-state index is -0.852. The van der Waals surface area contributed by atoms with Crippen LogP contribution >= 0.6 is 11.8 Å². The summed E-state index contributed by atoms with van der Waals surface area (Å²) in [6.07, 6.45) is 0.519. The zero-order valence-electron chi connectivity index (χ0n) is 13.7. The first-order valence-corrected chi connectivity index (χ1v) is 8.36. The predicted octanol–water partition coefficient (Wildman–Crippen LogP) is 4.23. The molecule has 1 heterocycles. The molecule has 118 valence electrons. The van der Waals surface area contributed by atoms with Gasteiger partial charge in [0.1, 0.15) is 5.60 Å². The Labute approximate surface area is 136 Å². The van der Waals surface area contributed by atoms with Crippen LogP contribution in [0.5, 0.6) is 0 Å². The summed E-state index contributed by atoms with van der Waals surface area (Å²) in [5.41, 5.74) is 0.605. The fourth-order valence-corrected chi connectivity index (χ4v) is 3.52. The first-order chi connectivity index (χ1) is 10.2. The molecule has 4 heteroatoms. The number of nitrogens with zero attached hydrogens (tertiary/aromatic N) is 1. The summed E-state index contributed by atoms with van der Waals surface area (Å²) in [7, 11) is 0. The van der Waals surface area contributed by atoms with Crippen LogP contribution in [-0.2, 0) is 9.53 Å². The largest absolute Gasteiger partial charge is 0.458 e. The molecule has 0 amide bonds. The van der Waals surface area contributed by atoms with Gasteiger partial charge in [0.05, 0.1) is 5.04 Å². The first kappa shape index (κ1) is 16.8. The fraction of sp³-hybridized carbons (Fsp3) is 0.444. The normalized spacial score (nSPS) is 21.4. The SMILES string of the molecule is C=C(C)C[C@@]1(C(=O)OC(C)(C)C)CSC(c2ccccc2)=N1. The van der Waals surface area contributed by atoms with Crippen molar-refractivity contribution in [3.63, 3.8) is 0 Å². The zero-order chi connectivity index (χ0) is 16.4. The lowest BCUT2D eigenvalue weighted by Crippen LogP contribution is -2.43. The number of rotatable bonds is 4. The zero-order valence-corrected chi connectivity index (χ0v) is 14.5. The standard InChI is InChI=1S/C18H23NO2S/c1-13(2)11-18(16(20)21-17(3,4)5)12-22-15(19-18)14-9-7-6-8-10-14/h6-10H,1,11-12H2,2-5H3/t18-/m0/s1. The Morgan fingerprint density at radius 3 is 2.55 bits per heavy atom. The maximum Gasteiger partial charge on any atom is 0.335 e. The van der Waals surface area contributed by atoms with E-state index in [1.54, 1.807) is 11.8 Å². The van der Waals surface area contributed by atoms with Gasteiger partial charge in [0.2, 0.25) is 0 Å². The predicted molar refractivity (Wildman–Crippen MR) is 93.4 cm³/mol. The number of benzene rings is 1. The Balaban J connectivity index is 2.34. The van der Waals surface area contributed by atoms with Gasteiger partial charge in [-0.2, -0.15) is 0 Å². The third kappa shape index (κ3) is 4.01. The molecule has 0 aliphatic carbocycles. The Kier molecular flexibility index (Phi) is 4.81. The molecule has 0 spiro atoms. The molecule has 0 unspecified atom stereocenters. The number of aliphatic imine (C=N–C) groups is 1. The van der Waals surface area contributed by atoms with E-state index in [9.17, 15) is 4.79 Å². The van der Waals surface area contributed by atoms with Gasteiger partial charge in [0.15, 0.2) is 5.54 Å². The summed E-state index contributed by atoms with van der Waals surface area (Å²) in [6, 6.07) is 9.95. The van der Waals surface area contributed by atoms with E-state index in [2.05, 4.69) is 6.58 Å². The number of esters is 1. The molecule has 1 aliphatic rings. The summed E-state index contributed by atoms with van der Waals surface area (Å²) >= 11 is 1.61. The van der Waals surface area contributed by atoms with E-state index in [1.165, 1.54) is 0 Å². The van der Waals surface area contributed by atoms with Crippen molar-refractivity contribution in [1.82, 2.24) is 0 Å². The van der Waals surface area contributed by atoms with Gasteiger partial charge in [-0.05, 0) is 27.7 Å². The van der Waals surface area contributed by atoms with Gasteiger partial charge in [-0.3, -0.25) is 4.99 Å². The highest BCUT2D eigenvalue weighted by molar-refractivity contribution is 8.14. The lowest BCUT2D eigenvalue weighted by Gasteiger charge is -2.28. The average Bonchev–Trinajstić information content (AvgIpc) is 2.82. The van der Waals surface area contributed by atoms with E-state index in [1.807, 2.05) is 58.0 Å². The molecule has 0 bridgehead atoms. The third-order valence-corrected chi connectivity index (χ3v) is 4.38. The van der Waals surface area contributed by atoms with E-state index in [-0.39, 0.29) is 5.97 Å². The Bertz CT molecular complexity index is 601. The lowest BCUT2D eigenvalue weighted by atomic mass is 9.94. The highest BCUT2D eigenvalue weighted by atomic mass is 32.2. The monoisotopic (exact) mass is 317 g/mol. The molecule has 1 atom stereocenters. The number of carbonyl (C=O) groups is 1. The molecule has 0 saturated heterocycles. The molecule has 1 aromatic rings. The molecule has 0 radical (unpaired) electrons. The van der Waals surface area contributed by atoms with Crippen molar-refractivity contribution < 1.29 is 9.53 Å². The number of ether oxygens (including phenoxy) is 1. The summed E-state index contributed by atoms with van der Waals surface area (Å²) < 4.78 is 5.61. The van der Waals surface area contributed by atoms with E-state index in [0.29, 0.717) is 12.2 Å². The van der Waals surface area contributed by atoms with Gasteiger partial charge in [-0.15, -0.1) is 18.3 Å². The van der Waals surface area contributed by atoms with Crippen molar-refractivity contribution in [2.24, 2.45) is 4.99 Å². The van der Waals surface area contributed by atoms with Gasteiger partial charge < -0.3 is 4.74 Å². The molecule has 0 N–H and O–H groups in total. The van der Waals surface area contributed by atoms with Crippen molar-refractivity contribution >= 4 is 22.8 Å². The minimum Gasteiger partial charge on any atom is -0.458 e. The van der Waals surface area contributed by atoms with E-state index in [4.69, 9.17) is 9.73 Å². The highest BCUT2D eigenvalue weighted by Gasteiger charge is 2.45. The molecule has 3 nitrogen and oxygen atoms in total. The summed E-state index contributed by atoms with van der Waals surface area (Å²) in [4.78, 5) is 17.5. The Morgan fingerprint density at radius 2 is 2.00 bits per heavy atom. The van der Waals surface area contributed by atoms with Crippen LogP contribution in [0.15, 0.2) is 47.5 Å². The molecule has 0 saturated carbocycles. The quantitative estimate of drug-likeness (QED) is 0.616. The third-order valence-electron chi connectivity index (χ3n) is 3.16. The van der Waals surface area contributed by atoms with E-state index < -0.39 is 11.1 Å². The molecule has 1 aromatic carbocycles. The second-order valence-corrected chi connectivity index (χ2v) is 7.70. The van der Waals surface area contributed by atoms with Crippen molar-refractivity contribution in [1.29, 1.82) is 0 Å². The fourth-order valence-electron chi connectivity index (χ4n) is 2.31. The van der Waals surface area contributed by atoms with Crippen LogP contribution < -0.4 is 0 Å².